The van der Waals surface area contributed by atoms with Crippen LogP contribution in [0.1, 0.15) is 38.2 Å². The molecule has 0 aliphatic heterocycles. The second-order valence-corrected chi connectivity index (χ2v) is 5.91. The minimum absolute atomic E-state index is 0.193. The Morgan fingerprint density at radius 1 is 1.35 bits per heavy atom. The predicted octanol–water partition coefficient (Wildman–Crippen LogP) is 4.89. The molecule has 0 spiro atoms. The lowest BCUT2D eigenvalue weighted by molar-refractivity contribution is 0.482. The van der Waals surface area contributed by atoms with Gasteiger partial charge in [-0.15, -0.1) is 0 Å². The van der Waals surface area contributed by atoms with Crippen LogP contribution in [0.25, 0.3) is 0 Å². The fraction of sp³-hybridized carbons (Fsp3) is 0.571. The zero-order chi connectivity index (χ0) is 12.4. The van der Waals surface area contributed by atoms with Gasteiger partial charge in [0.1, 0.15) is 5.82 Å². The van der Waals surface area contributed by atoms with Crippen LogP contribution in [0.5, 0.6) is 0 Å². The fourth-order valence-corrected chi connectivity index (χ4v) is 2.97. The molecule has 1 aliphatic rings. The van der Waals surface area contributed by atoms with Crippen molar-refractivity contribution in [1.29, 1.82) is 0 Å². The van der Waals surface area contributed by atoms with Crippen molar-refractivity contribution < 1.29 is 4.39 Å². The Labute approximate surface area is 111 Å². The van der Waals surface area contributed by atoms with Crippen molar-refractivity contribution in [2.45, 2.75) is 45.6 Å². The van der Waals surface area contributed by atoms with Gasteiger partial charge >= 0.3 is 0 Å². The van der Waals surface area contributed by atoms with E-state index in [-0.39, 0.29) is 5.82 Å². The van der Waals surface area contributed by atoms with Crippen LogP contribution in [0.3, 0.4) is 0 Å². The second-order valence-electron chi connectivity index (χ2n) is 5.06. The molecule has 17 heavy (non-hydrogen) atoms. The first-order chi connectivity index (χ1) is 8.08. The van der Waals surface area contributed by atoms with Gasteiger partial charge in [0.2, 0.25) is 0 Å². The molecule has 1 atom stereocenters. The number of halogens is 2. The fourth-order valence-electron chi connectivity index (χ4n) is 2.62. The van der Waals surface area contributed by atoms with Crippen LogP contribution in [0.2, 0.25) is 0 Å². The zero-order valence-electron chi connectivity index (χ0n) is 10.4. The molecular formula is C14H19BrFN. The second kappa shape index (κ2) is 5.38. The molecule has 1 nitrogen and oxygen atoms in total. The highest BCUT2D eigenvalue weighted by Crippen LogP contribution is 2.31. The summed E-state index contributed by atoms with van der Waals surface area (Å²) in [6.07, 6.45) is 5.33. The minimum Gasteiger partial charge on any atom is -0.382 e. The molecule has 2 rings (SSSR count). The first kappa shape index (κ1) is 12.9. The zero-order valence-corrected chi connectivity index (χ0v) is 12.0. The van der Waals surface area contributed by atoms with Crippen LogP contribution in [0.15, 0.2) is 16.6 Å². The van der Waals surface area contributed by atoms with Gasteiger partial charge in [-0.1, -0.05) is 12.8 Å². The number of benzene rings is 1. The van der Waals surface area contributed by atoms with E-state index in [0.29, 0.717) is 10.5 Å². The van der Waals surface area contributed by atoms with Crippen molar-refractivity contribution in [3.63, 3.8) is 0 Å². The van der Waals surface area contributed by atoms with E-state index >= 15 is 0 Å². The van der Waals surface area contributed by atoms with Crippen LogP contribution >= 0.6 is 15.9 Å². The van der Waals surface area contributed by atoms with Crippen molar-refractivity contribution in [3.05, 3.63) is 28.0 Å². The van der Waals surface area contributed by atoms with E-state index in [9.17, 15) is 4.39 Å². The maximum atomic E-state index is 13.3. The van der Waals surface area contributed by atoms with Crippen LogP contribution in [-0.2, 0) is 0 Å². The van der Waals surface area contributed by atoms with E-state index in [2.05, 4.69) is 28.2 Å². The third-order valence-corrected chi connectivity index (χ3v) is 4.37. The molecule has 0 radical (unpaired) electrons. The number of hydrogen-bond donors (Lipinski definition) is 1. The Balaban J connectivity index is 2.09. The quantitative estimate of drug-likeness (QED) is 0.838. The van der Waals surface area contributed by atoms with Gasteiger partial charge in [-0.25, -0.2) is 4.39 Å². The largest absolute Gasteiger partial charge is 0.382 e. The molecule has 0 amide bonds. The maximum absolute atomic E-state index is 13.3. The lowest BCUT2D eigenvalue weighted by Crippen LogP contribution is -2.24. The van der Waals surface area contributed by atoms with Crippen LogP contribution in [-0.4, -0.2) is 6.04 Å². The smallest absolute Gasteiger partial charge is 0.137 e. The highest BCUT2D eigenvalue weighted by molar-refractivity contribution is 9.10. The summed E-state index contributed by atoms with van der Waals surface area (Å²) in [4.78, 5) is 0. The molecule has 0 saturated heterocycles. The predicted molar refractivity (Wildman–Crippen MR) is 73.9 cm³/mol. The van der Waals surface area contributed by atoms with E-state index in [1.54, 1.807) is 6.07 Å². The molecule has 1 aromatic carbocycles. The standard InChI is InChI=1S/C14H19BrFN/c1-9-7-13(16)12(15)8-14(9)17-10(2)11-5-3-4-6-11/h7-8,10-11,17H,3-6H2,1-2H3. The molecule has 1 fully saturated rings. The van der Waals surface area contributed by atoms with Crippen molar-refractivity contribution >= 4 is 21.6 Å². The Morgan fingerprint density at radius 3 is 2.65 bits per heavy atom. The van der Waals surface area contributed by atoms with E-state index in [0.717, 1.165) is 17.2 Å². The number of hydrogen-bond acceptors (Lipinski definition) is 1. The molecule has 3 heteroatoms. The average Bonchev–Trinajstić information content (AvgIpc) is 2.79. The van der Waals surface area contributed by atoms with E-state index < -0.39 is 0 Å². The summed E-state index contributed by atoms with van der Waals surface area (Å²) in [6.45, 7) is 4.17. The van der Waals surface area contributed by atoms with Gasteiger partial charge < -0.3 is 5.32 Å². The van der Waals surface area contributed by atoms with Gasteiger partial charge in [0.15, 0.2) is 0 Å². The molecule has 1 aliphatic carbocycles. The summed E-state index contributed by atoms with van der Waals surface area (Å²) in [6, 6.07) is 3.89. The molecule has 1 aromatic rings. The first-order valence-corrected chi connectivity index (χ1v) is 7.09. The number of nitrogens with one attached hydrogen (secondary N) is 1. The number of rotatable bonds is 3. The third-order valence-electron chi connectivity index (χ3n) is 3.76. The number of anilines is 1. The molecular weight excluding hydrogens is 281 g/mol. The molecule has 1 saturated carbocycles. The van der Waals surface area contributed by atoms with Crippen molar-refractivity contribution in [1.82, 2.24) is 0 Å². The van der Waals surface area contributed by atoms with Crippen LogP contribution < -0.4 is 5.32 Å². The van der Waals surface area contributed by atoms with Gasteiger partial charge in [-0.3, -0.25) is 0 Å². The summed E-state index contributed by atoms with van der Waals surface area (Å²) < 4.78 is 13.9. The highest BCUT2D eigenvalue weighted by Gasteiger charge is 2.21. The summed E-state index contributed by atoms with van der Waals surface area (Å²) in [7, 11) is 0. The molecule has 0 heterocycles. The van der Waals surface area contributed by atoms with Crippen LogP contribution in [0, 0.1) is 18.7 Å². The number of aryl methyl sites for hydroxylation is 1. The van der Waals surface area contributed by atoms with E-state index in [1.807, 2.05) is 13.0 Å². The van der Waals surface area contributed by atoms with Gasteiger partial charge in [-0.2, -0.15) is 0 Å². The van der Waals surface area contributed by atoms with Crippen LogP contribution in [0.4, 0.5) is 10.1 Å². The Bertz CT molecular complexity index is 399. The highest BCUT2D eigenvalue weighted by atomic mass is 79.9. The third kappa shape index (κ3) is 3.01. The monoisotopic (exact) mass is 299 g/mol. The topological polar surface area (TPSA) is 12.0 Å². The van der Waals surface area contributed by atoms with E-state index in [1.165, 1.54) is 25.7 Å². The summed E-state index contributed by atoms with van der Waals surface area (Å²) in [5.41, 5.74) is 2.01. The average molecular weight is 300 g/mol. The lowest BCUT2D eigenvalue weighted by atomic mass is 9.99. The Morgan fingerprint density at radius 2 is 2.00 bits per heavy atom. The SMILES string of the molecule is Cc1cc(F)c(Br)cc1NC(C)C1CCCC1. The normalized spacial score (nSPS) is 18.4. The van der Waals surface area contributed by atoms with Crippen molar-refractivity contribution in [2.75, 3.05) is 5.32 Å². The Hall–Kier alpha value is -0.570. The molecule has 0 aromatic heterocycles. The summed E-state index contributed by atoms with van der Waals surface area (Å²) in [5.74, 6) is 0.569. The van der Waals surface area contributed by atoms with Gasteiger partial charge in [0.25, 0.3) is 0 Å². The molecule has 0 bridgehead atoms. The lowest BCUT2D eigenvalue weighted by Gasteiger charge is -2.23. The van der Waals surface area contributed by atoms with Crippen molar-refractivity contribution in [2.24, 2.45) is 5.92 Å². The van der Waals surface area contributed by atoms with Gasteiger partial charge in [0, 0.05) is 11.7 Å². The molecule has 1 unspecified atom stereocenters. The van der Waals surface area contributed by atoms with Gasteiger partial charge in [0.05, 0.1) is 4.47 Å². The maximum Gasteiger partial charge on any atom is 0.137 e. The Kier molecular flexibility index (Phi) is 4.08. The summed E-state index contributed by atoms with van der Waals surface area (Å²) >= 11 is 3.24. The molecule has 1 N–H and O–H groups in total. The minimum atomic E-state index is -0.193. The van der Waals surface area contributed by atoms with E-state index in [4.69, 9.17) is 0 Å². The first-order valence-electron chi connectivity index (χ1n) is 6.30. The van der Waals surface area contributed by atoms with Gasteiger partial charge in [-0.05, 0) is 66.2 Å². The summed E-state index contributed by atoms with van der Waals surface area (Å²) in [5, 5.41) is 3.52. The molecule has 94 valence electrons. The van der Waals surface area contributed by atoms with Crippen molar-refractivity contribution in [3.8, 4) is 0 Å².